The van der Waals surface area contributed by atoms with Crippen molar-refractivity contribution in [3.8, 4) is 11.4 Å². The molecule has 9 nitrogen and oxygen atoms in total. The topological polar surface area (TPSA) is 97.8 Å². The summed E-state index contributed by atoms with van der Waals surface area (Å²) in [5.74, 6) is -2.91. The Bertz CT molecular complexity index is 1500. The van der Waals surface area contributed by atoms with Gasteiger partial charge in [0.2, 0.25) is 17.6 Å². The number of aromatic nitrogens is 4. The summed E-state index contributed by atoms with van der Waals surface area (Å²) < 4.78 is 39.4. The smallest absolute Gasteiger partial charge is 0.274 e. The lowest BCUT2D eigenvalue weighted by Crippen LogP contribution is -2.45. The molecule has 2 unspecified atom stereocenters. The molecule has 3 aromatic heterocycles. The molecular formula is C27H28F2N6O3. The number of pyridine rings is 1. The molecule has 1 aromatic carbocycles. The minimum Gasteiger partial charge on any atom is -0.372 e. The Kier molecular flexibility index (Phi) is 5.90. The van der Waals surface area contributed by atoms with Crippen molar-refractivity contribution in [2.24, 2.45) is 0 Å². The van der Waals surface area contributed by atoms with Crippen LogP contribution in [-0.2, 0) is 4.74 Å². The summed E-state index contributed by atoms with van der Waals surface area (Å²) in [6.07, 6.45) is 3.14. The lowest BCUT2D eigenvalue weighted by molar-refractivity contribution is -0.0925. The molecule has 4 aromatic rings. The third-order valence-corrected chi connectivity index (χ3v) is 7.13. The van der Waals surface area contributed by atoms with Gasteiger partial charge < -0.3 is 19.5 Å². The molecular weight excluding hydrogens is 494 g/mol. The van der Waals surface area contributed by atoms with Crippen LogP contribution in [0.4, 0.5) is 20.2 Å². The molecule has 1 saturated heterocycles. The number of nitrogens with zero attached hydrogens (tertiary/aromatic N) is 5. The number of carbonyl (C=O) groups excluding carboxylic acids is 1. The van der Waals surface area contributed by atoms with Crippen molar-refractivity contribution in [1.29, 1.82) is 0 Å². The van der Waals surface area contributed by atoms with Crippen LogP contribution in [-0.4, -0.2) is 56.7 Å². The van der Waals surface area contributed by atoms with E-state index < -0.39 is 11.8 Å². The summed E-state index contributed by atoms with van der Waals surface area (Å²) in [5.41, 5.74) is 4.09. The Balaban J connectivity index is 1.23. The minimum atomic E-state index is -2.67. The maximum Gasteiger partial charge on any atom is 0.274 e. The summed E-state index contributed by atoms with van der Waals surface area (Å²) >= 11 is 0. The summed E-state index contributed by atoms with van der Waals surface area (Å²) in [4.78, 5) is 24.3. The van der Waals surface area contributed by atoms with Gasteiger partial charge in [0.05, 0.1) is 24.1 Å². The van der Waals surface area contributed by atoms with Crippen LogP contribution in [0.3, 0.4) is 0 Å². The highest BCUT2D eigenvalue weighted by atomic mass is 19.3. The van der Waals surface area contributed by atoms with Crippen LogP contribution in [0.15, 0.2) is 47.2 Å². The summed E-state index contributed by atoms with van der Waals surface area (Å²) in [7, 11) is 0. The number of morpholine rings is 1. The minimum absolute atomic E-state index is 0.111. The van der Waals surface area contributed by atoms with Crippen molar-refractivity contribution in [1.82, 2.24) is 19.5 Å². The molecule has 0 spiro atoms. The Labute approximate surface area is 217 Å². The Morgan fingerprint density at radius 2 is 1.89 bits per heavy atom. The molecule has 198 valence electrons. The predicted molar refractivity (Wildman–Crippen MR) is 137 cm³/mol. The zero-order chi connectivity index (χ0) is 26.6. The summed E-state index contributed by atoms with van der Waals surface area (Å²) in [6, 6.07) is 9.30. The lowest BCUT2D eigenvalue weighted by atomic mass is 9.81. The number of alkyl halides is 2. The molecule has 1 saturated carbocycles. The molecule has 2 atom stereocenters. The van der Waals surface area contributed by atoms with Crippen molar-refractivity contribution in [2.75, 3.05) is 23.3 Å². The first-order valence-corrected chi connectivity index (χ1v) is 12.7. The summed E-state index contributed by atoms with van der Waals surface area (Å²) in [5, 5.41) is 6.94. The van der Waals surface area contributed by atoms with Gasteiger partial charge in [-0.3, -0.25) is 9.20 Å². The van der Waals surface area contributed by atoms with E-state index in [0.29, 0.717) is 28.4 Å². The Morgan fingerprint density at radius 1 is 1.13 bits per heavy atom. The normalized spacial score (nSPS) is 21.4. The molecule has 1 aliphatic heterocycles. The number of halogens is 2. The van der Waals surface area contributed by atoms with Gasteiger partial charge in [-0.25, -0.2) is 13.8 Å². The largest absolute Gasteiger partial charge is 0.372 e. The molecule has 1 amide bonds. The van der Waals surface area contributed by atoms with Crippen molar-refractivity contribution < 1.29 is 22.8 Å². The summed E-state index contributed by atoms with van der Waals surface area (Å²) in [6.45, 7) is 7.51. The van der Waals surface area contributed by atoms with E-state index in [1.807, 2.05) is 31.3 Å². The average molecular weight is 523 g/mol. The predicted octanol–water partition coefficient (Wildman–Crippen LogP) is 5.07. The molecule has 0 radical (unpaired) electrons. The first-order chi connectivity index (χ1) is 18.1. The second-order valence-electron chi connectivity index (χ2n) is 10.3. The number of anilines is 2. The fourth-order valence-electron chi connectivity index (χ4n) is 5.15. The molecule has 6 rings (SSSR count). The van der Waals surface area contributed by atoms with Gasteiger partial charge in [0, 0.05) is 49.3 Å². The highest BCUT2D eigenvalue weighted by molar-refractivity contribution is 6.04. The number of imidazole rings is 1. The van der Waals surface area contributed by atoms with Crippen molar-refractivity contribution in [3.63, 3.8) is 0 Å². The zero-order valence-electron chi connectivity index (χ0n) is 21.3. The third kappa shape index (κ3) is 4.62. The maximum absolute atomic E-state index is 13.4. The molecule has 2 aliphatic rings. The van der Waals surface area contributed by atoms with E-state index in [0.717, 1.165) is 24.3 Å². The highest BCUT2D eigenvalue weighted by Gasteiger charge is 2.48. The molecule has 0 bridgehead atoms. The number of rotatable bonds is 5. The van der Waals surface area contributed by atoms with Gasteiger partial charge >= 0.3 is 0 Å². The fraction of sp³-hybridized carbons (Fsp3) is 0.407. The molecule has 11 heteroatoms. The van der Waals surface area contributed by atoms with Gasteiger partial charge in [-0.2, -0.15) is 4.98 Å². The number of carbonyl (C=O) groups is 1. The van der Waals surface area contributed by atoms with E-state index in [1.165, 1.54) is 0 Å². The van der Waals surface area contributed by atoms with Gasteiger partial charge in [-0.1, -0.05) is 17.3 Å². The number of hydrogen-bond acceptors (Lipinski definition) is 7. The van der Waals surface area contributed by atoms with Crippen LogP contribution in [0.25, 0.3) is 17.0 Å². The van der Waals surface area contributed by atoms with Crippen LogP contribution < -0.4 is 10.2 Å². The fourth-order valence-corrected chi connectivity index (χ4v) is 5.15. The standard InChI is InChI=1S/C27H28F2N6O3/c1-15-4-5-18(24-32-26(38-33-24)19-9-27(28,29)10-19)8-21(15)31-25(36)22-11-30-23-7-6-20(14-35(22)23)34-12-16(2)37-17(3)13-34/h4-8,11,14,16-17,19H,9-10,12-13H2,1-3H3,(H,31,36). The Morgan fingerprint density at radius 3 is 2.63 bits per heavy atom. The second kappa shape index (κ2) is 9.16. The molecule has 1 N–H and O–H groups in total. The second-order valence-corrected chi connectivity index (χ2v) is 10.3. The van der Waals surface area contributed by atoms with Crippen molar-refractivity contribution in [2.45, 2.75) is 57.7 Å². The van der Waals surface area contributed by atoms with E-state index in [-0.39, 0.29) is 36.8 Å². The van der Waals surface area contributed by atoms with Crippen LogP contribution >= 0.6 is 0 Å². The SMILES string of the molecule is Cc1ccc(-c2noc(C3CC(F)(F)C3)n2)cc1NC(=O)c1cnc2ccc(N3CC(C)OC(C)C3)cn12. The van der Waals surface area contributed by atoms with Gasteiger partial charge in [0.25, 0.3) is 5.91 Å². The maximum atomic E-state index is 13.4. The van der Waals surface area contributed by atoms with Gasteiger partial charge in [-0.05, 0) is 44.5 Å². The van der Waals surface area contributed by atoms with E-state index in [2.05, 4.69) is 39.2 Å². The molecule has 38 heavy (non-hydrogen) atoms. The molecule has 4 heterocycles. The quantitative estimate of drug-likeness (QED) is 0.391. The number of aryl methyl sites for hydroxylation is 1. The van der Waals surface area contributed by atoms with Gasteiger partial charge in [-0.15, -0.1) is 0 Å². The number of benzene rings is 1. The zero-order valence-corrected chi connectivity index (χ0v) is 21.3. The number of hydrogen-bond donors (Lipinski definition) is 1. The lowest BCUT2D eigenvalue weighted by Gasteiger charge is -2.36. The van der Waals surface area contributed by atoms with Crippen molar-refractivity contribution in [3.05, 3.63) is 59.9 Å². The first-order valence-electron chi connectivity index (χ1n) is 12.7. The van der Waals surface area contributed by atoms with Gasteiger partial charge in [0.15, 0.2) is 0 Å². The highest BCUT2D eigenvalue weighted by Crippen LogP contribution is 2.48. The molecule has 1 aliphatic carbocycles. The third-order valence-electron chi connectivity index (χ3n) is 7.13. The first kappa shape index (κ1) is 24.5. The van der Waals surface area contributed by atoms with E-state index >= 15 is 0 Å². The Hall–Kier alpha value is -3.86. The van der Waals surface area contributed by atoms with Crippen LogP contribution in [0, 0.1) is 6.92 Å². The molecule has 2 fully saturated rings. The van der Waals surface area contributed by atoms with Crippen molar-refractivity contribution >= 4 is 22.9 Å². The monoisotopic (exact) mass is 522 g/mol. The number of ether oxygens (including phenoxy) is 1. The average Bonchev–Trinajstić information content (AvgIpc) is 3.50. The van der Waals surface area contributed by atoms with Crippen LogP contribution in [0.1, 0.15) is 54.5 Å². The van der Waals surface area contributed by atoms with Crippen LogP contribution in [0.5, 0.6) is 0 Å². The number of fused-ring (bicyclic) bond motifs is 1. The van der Waals surface area contributed by atoms with Gasteiger partial charge in [0.1, 0.15) is 11.3 Å². The number of amides is 1. The van der Waals surface area contributed by atoms with E-state index in [9.17, 15) is 13.6 Å². The van der Waals surface area contributed by atoms with E-state index in [4.69, 9.17) is 9.26 Å². The number of nitrogens with one attached hydrogen (secondary N) is 1. The van der Waals surface area contributed by atoms with Crippen LogP contribution in [0.2, 0.25) is 0 Å². The van der Waals surface area contributed by atoms with E-state index in [1.54, 1.807) is 22.7 Å².